The van der Waals surface area contributed by atoms with Crippen LogP contribution < -0.4 is 5.56 Å². The standard InChI is InChI=1S/C18H17N3O/c1-13(15-8-4-3-5-9-15)12-19-21-14(2)20-17-11-7-6-10-16(17)18(21)22/h3-13H,1-2H3/b19-12-/t13-/m1/s1. The second kappa shape index (κ2) is 5.93. The Balaban J connectivity index is 2.00. The van der Waals surface area contributed by atoms with Crippen molar-refractivity contribution in [1.29, 1.82) is 0 Å². The normalized spacial score (nSPS) is 12.8. The van der Waals surface area contributed by atoms with Crippen LogP contribution in [0.25, 0.3) is 10.9 Å². The highest BCUT2D eigenvalue weighted by Crippen LogP contribution is 2.12. The van der Waals surface area contributed by atoms with Crippen LogP contribution in [0.4, 0.5) is 0 Å². The predicted octanol–water partition coefficient (Wildman–Crippen LogP) is 3.34. The van der Waals surface area contributed by atoms with E-state index in [9.17, 15) is 4.79 Å². The molecule has 0 N–H and O–H groups in total. The van der Waals surface area contributed by atoms with Crippen molar-refractivity contribution in [3.05, 3.63) is 76.3 Å². The maximum Gasteiger partial charge on any atom is 0.282 e. The molecule has 0 aliphatic carbocycles. The van der Waals surface area contributed by atoms with Crippen molar-refractivity contribution in [2.75, 3.05) is 0 Å². The molecule has 1 aromatic heterocycles. The highest BCUT2D eigenvalue weighted by atomic mass is 16.1. The molecule has 0 radical (unpaired) electrons. The molecule has 1 atom stereocenters. The molecule has 0 bridgehead atoms. The van der Waals surface area contributed by atoms with Crippen LogP contribution in [0.1, 0.15) is 24.2 Å². The van der Waals surface area contributed by atoms with Gasteiger partial charge in [0.05, 0.1) is 10.9 Å². The second-order valence-electron chi connectivity index (χ2n) is 5.26. The molecule has 2 aromatic carbocycles. The zero-order chi connectivity index (χ0) is 15.5. The Bertz CT molecular complexity index is 882. The molecule has 3 rings (SSSR count). The lowest BCUT2D eigenvalue weighted by Gasteiger charge is -2.08. The second-order valence-corrected chi connectivity index (χ2v) is 5.26. The summed E-state index contributed by atoms with van der Waals surface area (Å²) in [4.78, 5) is 16.9. The van der Waals surface area contributed by atoms with Crippen LogP contribution in [0.2, 0.25) is 0 Å². The van der Waals surface area contributed by atoms with Crippen molar-refractivity contribution in [3.8, 4) is 0 Å². The molecule has 110 valence electrons. The summed E-state index contributed by atoms with van der Waals surface area (Å²) < 4.78 is 1.36. The molecular weight excluding hydrogens is 274 g/mol. The predicted molar refractivity (Wildman–Crippen MR) is 89.5 cm³/mol. The first kappa shape index (κ1) is 14.2. The molecule has 0 unspecified atom stereocenters. The van der Waals surface area contributed by atoms with Gasteiger partial charge in [-0.2, -0.15) is 9.78 Å². The smallest absolute Gasteiger partial charge is 0.267 e. The third-order valence-electron chi connectivity index (χ3n) is 3.65. The Morgan fingerprint density at radius 1 is 1.09 bits per heavy atom. The van der Waals surface area contributed by atoms with E-state index in [4.69, 9.17) is 0 Å². The number of fused-ring (bicyclic) bond motifs is 1. The van der Waals surface area contributed by atoms with Gasteiger partial charge in [-0.15, -0.1) is 0 Å². The Morgan fingerprint density at radius 2 is 1.77 bits per heavy atom. The fraction of sp³-hybridized carbons (Fsp3) is 0.167. The van der Waals surface area contributed by atoms with Crippen LogP contribution in [0, 0.1) is 6.92 Å². The molecule has 22 heavy (non-hydrogen) atoms. The van der Waals surface area contributed by atoms with Gasteiger partial charge >= 0.3 is 0 Å². The molecule has 0 fully saturated rings. The van der Waals surface area contributed by atoms with Gasteiger partial charge in [-0.1, -0.05) is 49.4 Å². The summed E-state index contributed by atoms with van der Waals surface area (Å²) in [6, 6.07) is 17.4. The van der Waals surface area contributed by atoms with Gasteiger partial charge in [-0.25, -0.2) is 4.98 Å². The van der Waals surface area contributed by atoms with E-state index in [1.807, 2.05) is 55.5 Å². The third kappa shape index (κ3) is 2.68. The summed E-state index contributed by atoms with van der Waals surface area (Å²) in [5.74, 6) is 0.708. The molecule has 3 aromatic rings. The number of aromatic nitrogens is 2. The van der Waals surface area contributed by atoms with E-state index >= 15 is 0 Å². The van der Waals surface area contributed by atoms with Gasteiger partial charge in [0.1, 0.15) is 5.82 Å². The maximum atomic E-state index is 12.5. The summed E-state index contributed by atoms with van der Waals surface area (Å²) in [6.45, 7) is 3.84. The van der Waals surface area contributed by atoms with E-state index in [0.29, 0.717) is 16.7 Å². The van der Waals surface area contributed by atoms with Gasteiger partial charge in [0.2, 0.25) is 0 Å². The Hall–Kier alpha value is -2.75. The molecule has 0 aliphatic heterocycles. The monoisotopic (exact) mass is 291 g/mol. The average molecular weight is 291 g/mol. The number of benzene rings is 2. The first-order valence-corrected chi connectivity index (χ1v) is 7.24. The Labute approximate surface area is 128 Å². The zero-order valence-electron chi connectivity index (χ0n) is 12.6. The minimum absolute atomic E-state index is 0.124. The Kier molecular flexibility index (Phi) is 3.83. The molecule has 1 heterocycles. The van der Waals surface area contributed by atoms with Crippen molar-refractivity contribution >= 4 is 17.1 Å². The van der Waals surface area contributed by atoms with Crippen molar-refractivity contribution in [2.24, 2.45) is 5.10 Å². The lowest BCUT2D eigenvalue weighted by molar-refractivity contribution is 0.763. The van der Waals surface area contributed by atoms with Crippen LogP contribution in [0.5, 0.6) is 0 Å². The average Bonchev–Trinajstić information content (AvgIpc) is 2.55. The summed E-state index contributed by atoms with van der Waals surface area (Å²) in [5.41, 5.74) is 1.72. The fourth-order valence-corrected chi connectivity index (χ4v) is 2.38. The van der Waals surface area contributed by atoms with E-state index in [2.05, 4.69) is 10.1 Å². The number of aryl methyl sites for hydroxylation is 1. The van der Waals surface area contributed by atoms with Crippen LogP contribution in [-0.2, 0) is 0 Å². The number of hydrogen-bond acceptors (Lipinski definition) is 3. The molecule has 4 nitrogen and oxygen atoms in total. The van der Waals surface area contributed by atoms with E-state index in [1.54, 1.807) is 19.2 Å². The SMILES string of the molecule is Cc1nc2ccccc2c(=O)n1/N=C\[C@@H](C)c1ccccc1. The van der Waals surface area contributed by atoms with Crippen LogP contribution in [0.3, 0.4) is 0 Å². The van der Waals surface area contributed by atoms with Gasteiger partial charge in [0.25, 0.3) is 5.56 Å². The van der Waals surface area contributed by atoms with Gasteiger partial charge < -0.3 is 0 Å². The van der Waals surface area contributed by atoms with Crippen LogP contribution >= 0.6 is 0 Å². The van der Waals surface area contributed by atoms with Crippen molar-refractivity contribution < 1.29 is 0 Å². The fourth-order valence-electron chi connectivity index (χ4n) is 2.38. The topological polar surface area (TPSA) is 47.2 Å². The number of para-hydroxylation sites is 1. The highest BCUT2D eigenvalue weighted by molar-refractivity contribution is 5.77. The number of nitrogens with zero attached hydrogens (tertiary/aromatic N) is 3. The first-order chi connectivity index (χ1) is 10.7. The van der Waals surface area contributed by atoms with Crippen LogP contribution in [-0.4, -0.2) is 15.9 Å². The van der Waals surface area contributed by atoms with E-state index in [1.165, 1.54) is 4.68 Å². The summed E-state index contributed by atoms with van der Waals surface area (Å²) >= 11 is 0. The molecule has 0 aliphatic rings. The minimum atomic E-state index is -0.139. The maximum absolute atomic E-state index is 12.5. The summed E-state index contributed by atoms with van der Waals surface area (Å²) in [6.07, 6.45) is 1.78. The molecule has 0 saturated heterocycles. The van der Waals surface area contributed by atoms with Gasteiger partial charge in [-0.3, -0.25) is 4.79 Å². The lowest BCUT2D eigenvalue weighted by atomic mass is 10.0. The Morgan fingerprint density at radius 3 is 2.55 bits per heavy atom. The molecule has 4 heteroatoms. The van der Waals surface area contributed by atoms with E-state index < -0.39 is 0 Å². The minimum Gasteiger partial charge on any atom is -0.267 e. The van der Waals surface area contributed by atoms with E-state index in [0.717, 1.165) is 5.56 Å². The molecule has 0 amide bonds. The largest absolute Gasteiger partial charge is 0.282 e. The third-order valence-corrected chi connectivity index (χ3v) is 3.65. The molecule has 0 saturated carbocycles. The summed E-state index contributed by atoms with van der Waals surface area (Å²) in [7, 11) is 0. The van der Waals surface area contributed by atoms with Crippen molar-refractivity contribution in [2.45, 2.75) is 19.8 Å². The van der Waals surface area contributed by atoms with Gasteiger partial charge in [0.15, 0.2) is 0 Å². The zero-order valence-corrected chi connectivity index (χ0v) is 12.6. The van der Waals surface area contributed by atoms with Crippen molar-refractivity contribution in [1.82, 2.24) is 9.66 Å². The molecule has 0 spiro atoms. The van der Waals surface area contributed by atoms with Crippen molar-refractivity contribution in [3.63, 3.8) is 0 Å². The number of hydrogen-bond donors (Lipinski definition) is 0. The highest BCUT2D eigenvalue weighted by Gasteiger charge is 2.07. The van der Waals surface area contributed by atoms with Crippen LogP contribution in [0.15, 0.2) is 64.5 Å². The van der Waals surface area contributed by atoms with Gasteiger partial charge in [0, 0.05) is 12.1 Å². The lowest BCUT2D eigenvalue weighted by Crippen LogP contribution is -2.20. The number of rotatable bonds is 3. The van der Waals surface area contributed by atoms with E-state index in [-0.39, 0.29) is 11.5 Å². The van der Waals surface area contributed by atoms with Gasteiger partial charge in [-0.05, 0) is 24.6 Å². The summed E-state index contributed by atoms with van der Waals surface area (Å²) in [5, 5.41) is 4.93. The quantitative estimate of drug-likeness (QED) is 0.695. The first-order valence-electron chi connectivity index (χ1n) is 7.24. The molecular formula is C18H17N3O.